The summed E-state index contributed by atoms with van der Waals surface area (Å²) in [5.74, 6) is -5.01. The fourth-order valence-corrected chi connectivity index (χ4v) is 3.11. The highest BCUT2D eigenvalue weighted by Gasteiger charge is 2.53. The quantitative estimate of drug-likeness (QED) is 0.798. The summed E-state index contributed by atoms with van der Waals surface area (Å²) in [7, 11) is 4.21. The average molecular weight is 391 g/mol. The molecule has 0 aliphatic carbocycles. The van der Waals surface area contributed by atoms with Gasteiger partial charge in [-0.05, 0) is 17.7 Å². The second-order valence-electron chi connectivity index (χ2n) is 6.10. The Morgan fingerprint density at radius 1 is 1.11 bits per heavy atom. The van der Waals surface area contributed by atoms with Gasteiger partial charge in [-0.3, -0.25) is 9.59 Å². The number of benzene rings is 1. The number of carbonyl (C=O) groups is 2. The zero-order valence-corrected chi connectivity index (χ0v) is 15.0. The SMILES string of the molecule is COc1cc(CC(=O)N2C[C@@H](C(F)(F)F)[C@H](C(=O)O)C2)cc(OC)c1OC. The van der Waals surface area contributed by atoms with Gasteiger partial charge in [0.15, 0.2) is 11.5 Å². The van der Waals surface area contributed by atoms with Crippen molar-refractivity contribution >= 4 is 11.9 Å². The van der Waals surface area contributed by atoms with E-state index in [-0.39, 0.29) is 6.42 Å². The molecule has 1 heterocycles. The summed E-state index contributed by atoms with van der Waals surface area (Å²) in [6.07, 6.45) is -4.92. The van der Waals surface area contributed by atoms with Crippen LogP contribution in [0.5, 0.6) is 17.2 Å². The number of alkyl halides is 3. The monoisotopic (exact) mass is 391 g/mol. The maximum atomic E-state index is 13.1. The topological polar surface area (TPSA) is 85.3 Å². The first-order chi connectivity index (χ1) is 12.6. The van der Waals surface area contributed by atoms with Crippen molar-refractivity contribution in [2.45, 2.75) is 12.6 Å². The van der Waals surface area contributed by atoms with Crippen molar-refractivity contribution in [3.05, 3.63) is 17.7 Å². The van der Waals surface area contributed by atoms with Gasteiger partial charge < -0.3 is 24.2 Å². The zero-order chi connectivity index (χ0) is 20.4. The van der Waals surface area contributed by atoms with Crippen molar-refractivity contribution in [1.82, 2.24) is 4.90 Å². The number of likely N-dealkylation sites (tertiary alicyclic amines) is 1. The number of halogens is 3. The summed E-state index contributed by atoms with van der Waals surface area (Å²) in [6, 6.07) is 3.04. The highest BCUT2D eigenvalue weighted by molar-refractivity contribution is 5.81. The molecule has 0 saturated carbocycles. The molecule has 1 amide bonds. The van der Waals surface area contributed by atoms with Crippen LogP contribution in [0.4, 0.5) is 13.2 Å². The van der Waals surface area contributed by atoms with E-state index >= 15 is 0 Å². The number of carboxylic acid groups (broad SMARTS) is 1. The first-order valence-corrected chi connectivity index (χ1v) is 7.98. The standard InChI is InChI=1S/C17H20F3NO6/c1-25-12-4-9(5-13(26-2)15(12)27-3)6-14(22)21-7-10(16(23)24)11(8-21)17(18,19)20/h4-5,10-11H,6-8H2,1-3H3,(H,23,24)/t10-,11-/m1/s1. The highest BCUT2D eigenvalue weighted by Crippen LogP contribution is 2.40. The fourth-order valence-electron chi connectivity index (χ4n) is 3.11. The van der Waals surface area contributed by atoms with Crippen LogP contribution >= 0.6 is 0 Å². The smallest absolute Gasteiger partial charge is 0.394 e. The number of aliphatic carboxylic acids is 1. The molecule has 1 N–H and O–H groups in total. The fraction of sp³-hybridized carbons (Fsp3) is 0.529. The Hall–Kier alpha value is -2.65. The third-order valence-electron chi connectivity index (χ3n) is 4.49. The van der Waals surface area contributed by atoms with Crippen LogP contribution < -0.4 is 14.2 Å². The summed E-state index contributed by atoms with van der Waals surface area (Å²) in [6.45, 7) is -1.16. The van der Waals surface area contributed by atoms with Crippen LogP contribution in [-0.4, -0.2) is 62.5 Å². The van der Waals surface area contributed by atoms with Gasteiger partial charge in [0.25, 0.3) is 0 Å². The molecule has 0 bridgehead atoms. The van der Waals surface area contributed by atoms with Gasteiger partial charge in [-0.2, -0.15) is 13.2 Å². The minimum absolute atomic E-state index is 0.229. The van der Waals surface area contributed by atoms with Crippen molar-refractivity contribution in [2.24, 2.45) is 11.8 Å². The minimum atomic E-state index is -4.69. The molecular formula is C17H20F3NO6. The van der Waals surface area contributed by atoms with E-state index in [1.54, 1.807) is 0 Å². The van der Waals surface area contributed by atoms with E-state index in [1.807, 2.05) is 0 Å². The van der Waals surface area contributed by atoms with E-state index in [0.29, 0.717) is 22.8 Å². The van der Waals surface area contributed by atoms with E-state index in [9.17, 15) is 22.8 Å². The van der Waals surface area contributed by atoms with E-state index in [1.165, 1.54) is 33.5 Å². The lowest BCUT2D eigenvalue weighted by molar-refractivity contribution is -0.188. The number of hydrogen-bond acceptors (Lipinski definition) is 5. The van der Waals surface area contributed by atoms with Gasteiger partial charge in [-0.1, -0.05) is 0 Å². The van der Waals surface area contributed by atoms with Crippen molar-refractivity contribution in [3.63, 3.8) is 0 Å². The van der Waals surface area contributed by atoms with Crippen LogP contribution in [0.25, 0.3) is 0 Å². The summed E-state index contributed by atoms with van der Waals surface area (Å²) in [5, 5.41) is 9.05. The Morgan fingerprint density at radius 3 is 2.04 bits per heavy atom. The molecule has 1 saturated heterocycles. The van der Waals surface area contributed by atoms with E-state index in [4.69, 9.17) is 19.3 Å². The van der Waals surface area contributed by atoms with E-state index in [0.717, 1.165) is 4.90 Å². The van der Waals surface area contributed by atoms with Crippen LogP contribution in [0, 0.1) is 11.8 Å². The Balaban J connectivity index is 2.21. The highest BCUT2D eigenvalue weighted by atomic mass is 19.4. The molecule has 1 aliphatic rings. The third kappa shape index (κ3) is 4.37. The lowest BCUT2D eigenvalue weighted by Gasteiger charge is -2.19. The van der Waals surface area contributed by atoms with Crippen molar-refractivity contribution in [2.75, 3.05) is 34.4 Å². The molecule has 7 nitrogen and oxygen atoms in total. The molecular weight excluding hydrogens is 371 g/mol. The average Bonchev–Trinajstić information content (AvgIpc) is 3.07. The molecule has 0 unspecified atom stereocenters. The number of rotatable bonds is 6. The molecule has 0 spiro atoms. The van der Waals surface area contributed by atoms with Crippen LogP contribution in [0.1, 0.15) is 5.56 Å². The van der Waals surface area contributed by atoms with Crippen LogP contribution in [0.2, 0.25) is 0 Å². The maximum absolute atomic E-state index is 13.1. The second kappa shape index (κ2) is 7.93. The number of nitrogens with zero attached hydrogens (tertiary/aromatic N) is 1. The Kier molecular flexibility index (Phi) is 6.07. The van der Waals surface area contributed by atoms with Gasteiger partial charge in [0.2, 0.25) is 11.7 Å². The number of carbonyl (C=O) groups excluding carboxylic acids is 1. The van der Waals surface area contributed by atoms with Gasteiger partial charge in [0.05, 0.1) is 39.6 Å². The molecule has 1 aromatic carbocycles. The summed E-state index contributed by atoms with van der Waals surface area (Å²) in [4.78, 5) is 24.5. The number of ether oxygens (including phenoxy) is 3. The largest absolute Gasteiger partial charge is 0.493 e. The van der Waals surface area contributed by atoms with Crippen LogP contribution in [-0.2, 0) is 16.0 Å². The molecule has 1 aromatic rings. The van der Waals surface area contributed by atoms with Crippen LogP contribution in [0.15, 0.2) is 12.1 Å². The van der Waals surface area contributed by atoms with Crippen molar-refractivity contribution in [1.29, 1.82) is 0 Å². The van der Waals surface area contributed by atoms with Crippen molar-refractivity contribution in [3.8, 4) is 17.2 Å². The molecule has 27 heavy (non-hydrogen) atoms. The summed E-state index contributed by atoms with van der Waals surface area (Å²) >= 11 is 0. The molecule has 2 atom stereocenters. The Labute approximate surface area is 153 Å². The van der Waals surface area contributed by atoms with Gasteiger partial charge in [-0.25, -0.2) is 0 Å². The predicted octanol–water partition coefficient (Wildman–Crippen LogP) is 1.98. The van der Waals surface area contributed by atoms with Gasteiger partial charge in [0, 0.05) is 13.1 Å². The normalized spacial score (nSPS) is 19.7. The molecule has 2 rings (SSSR count). The predicted molar refractivity (Wildman–Crippen MR) is 87.1 cm³/mol. The number of amides is 1. The van der Waals surface area contributed by atoms with Crippen LogP contribution in [0.3, 0.4) is 0 Å². The number of carboxylic acids is 1. The molecule has 10 heteroatoms. The third-order valence-corrected chi connectivity index (χ3v) is 4.49. The molecule has 150 valence electrons. The lowest BCUT2D eigenvalue weighted by Crippen LogP contribution is -2.34. The first kappa shape index (κ1) is 20.7. The minimum Gasteiger partial charge on any atom is -0.493 e. The maximum Gasteiger partial charge on any atom is 0.394 e. The first-order valence-electron chi connectivity index (χ1n) is 7.98. The lowest BCUT2D eigenvalue weighted by atomic mass is 9.96. The van der Waals surface area contributed by atoms with Crippen molar-refractivity contribution < 1.29 is 42.1 Å². The molecule has 1 fully saturated rings. The van der Waals surface area contributed by atoms with Gasteiger partial charge in [0.1, 0.15) is 0 Å². The van der Waals surface area contributed by atoms with E-state index in [2.05, 4.69) is 0 Å². The number of hydrogen-bond donors (Lipinski definition) is 1. The summed E-state index contributed by atoms with van der Waals surface area (Å²) in [5.41, 5.74) is 0.442. The zero-order valence-electron chi connectivity index (χ0n) is 15.0. The van der Waals surface area contributed by atoms with Gasteiger partial charge >= 0.3 is 12.1 Å². The Morgan fingerprint density at radius 2 is 1.67 bits per heavy atom. The number of methoxy groups -OCH3 is 3. The second-order valence-corrected chi connectivity index (χ2v) is 6.10. The van der Waals surface area contributed by atoms with E-state index < -0.39 is 43.0 Å². The summed E-state index contributed by atoms with van der Waals surface area (Å²) < 4.78 is 54.7. The molecule has 1 aliphatic heterocycles. The van der Waals surface area contributed by atoms with Gasteiger partial charge in [-0.15, -0.1) is 0 Å². The molecule has 0 radical (unpaired) electrons. The molecule has 0 aromatic heterocycles. The Bertz CT molecular complexity index is 696.